The summed E-state index contributed by atoms with van der Waals surface area (Å²) in [6, 6.07) is 0. The largest absolute Gasteiger partial charge is 0.480 e. The van der Waals surface area contributed by atoms with Crippen molar-refractivity contribution in [1.29, 1.82) is 0 Å². The molecule has 1 saturated heterocycles. The Morgan fingerprint density at radius 1 is 1.28 bits per heavy atom. The molecule has 1 heterocycles. The molecule has 104 valence electrons. The molecule has 6 nitrogen and oxygen atoms in total. The van der Waals surface area contributed by atoms with Crippen LogP contribution in [0.1, 0.15) is 40.0 Å². The second kappa shape index (κ2) is 5.14. The fourth-order valence-electron chi connectivity index (χ4n) is 1.88. The Morgan fingerprint density at radius 2 is 1.89 bits per heavy atom. The van der Waals surface area contributed by atoms with E-state index in [1.807, 2.05) is 0 Å². The van der Waals surface area contributed by atoms with Crippen LogP contribution >= 0.6 is 0 Å². The fraction of sp³-hybridized carbons (Fsp3) is 0.833. The summed E-state index contributed by atoms with van der Waals surface area (Å²) in [6.07, 6.45) is 0.794. The number of ether oxygens (including phenoxy) is 1. The lowest BCUT2D eigenvalue weighted by molar-refractivity contribution is -0.143. The van der Waals surface area contributed by atoms with Gasteiger partial charge in [-0.1, -0.05) is 0 Å². The highest BCUT2D eigenvalue weighted by Gasteiger charge is 2.37. The summed E-state index contributed by atoms with van der Waals surface area (Å²) in [5.41, 5.74) is 4.04. The first-order valence-corrected chi connectivity index (χ1v) is 6.14. The molecule has 0 aromatic rings. The lowest BCUT2D eigenvalue weighted by Crippen LogP contribution is -2.48. The van der Waals surface area contributed by atoms with E-state index >= 15 is 0 Å². The minimum absolute atomic E-state index is 0.252. The normalized spacial score (nSPS) is 25.4. The first kappa shape index (κ1) is 14.8. The zero-order chi connectivity index (χ0) is 14.0. The van der Waals surface area contributed by atoms with Gasteiger partial charge in [0.1, 0.15) is 11.1 Å². The first-order chi connectivity index (χ1) is 8.14. The molecule has 0 aromatic carbocycles. The first-order valence-electron chi connectivity index (χ1n) is 6.14. The van der Waals surface area contributed by atoms with Crippen molar-refractivity contribution in [3.05, 3.63) is 0 Å². The Kier molecular flexibility index (Phi) is 4.21. The van der Waals surface area contributed by atoms with Crippen LogP contribution in [0.15, 0.2) is 0 Å². The van der Waals surface area contributed by atoms with E-state index in [0.29, 0.717) is 25.9 Å². The molecule has 18 heavy (non-hydrogen) atoms. The fourth-order valence-corrected chi connectivity index (χ4v) is 1.88. The summed E-state index contributed by atoms with van der Waals surface area (Å²) in [4.78, 5) is 24.5. The Bertz CT molecular complexity index is 337. The molecule has 1 amide bonds. The van der Waals surface area contributed by atoms with Crippen molar-refractivity contribution >= 4 is 12.1 Å². The van der Waals surface area contributed by atoms with Gasteiger partial charge in [0.2, 0.25) is 0 Å². The molecule has 0 saturated carbocycles. The van der Waals surface area contributed by atoms with Gasteiger partial charge in [-0.2, -0.15) is 0 Å². The number of carboxylic acids is 1. The number of nitrogens with two attached hydrogens (primary N) is 1. The van der Waals surface area contributed by atoms with Crippen LogP contribution < -0.4 is 5.73 Å². The second-order valence-electron chi connectivity index (χ2n) is 5.78. The molecule has 3 N–H and O–H groups in total. The third kappa shape index (κ3) is 3.87. The number of nitrogens with zero attached hydrogens (tertiary/aromatic N) is 1. The average molecular weight is 258 g/mol. The van der Waals surface area contributed by atoms with Gasteiger partial charge in [-0.15, -0.1) is 0 Å². The van der Waals surface area contributed by atoms with Crippen molar-refractivity contribution in [2.24, 2.45) is 5.73 Å². The number of likely N-dealkylation sites (tertiary alicyclic amines) is 1. The van der Waals surface area contributed by atoms with Crippen molar-refractivity contribution in [1.82, 2.24) is 4.90 Å². The molecule has 0 unspecified atom stereocenters. The predicted molar refractivity (Wildman–Crippen MR) is 66.2 cm³/mol. The maximum Gasteiger partial charge on any atom is 0.410 e. The second-order valence-corrected chi connectivity index (χ2v) is 5.78. The van der Waals surface area contributed by atoms with Crippen molar-refractivity contribution < 1.29 is 19.4 Å². The van der Waals surface area contributed by atoms with E-state index in [-0.39, 0.29) is 6.42 Å². The van der Waals surface area contributed by atoms with Crippen LogP contribution in [-0.4, -0.2) is 46.3 Å². The number of carboxylic acid groups (broad SMARTS) is 1. The van der Waals surface area contributed by atoms with Crippen molar-refractivity contribution in [2.45, 2.75) is 51.2 Å². The molecule has 1 aliphatic heterocycles. The summed E-state index contributed by atoms with van der Waals surface area (Å²) >= 11 is 0. The zero-order valence-corrected chi connectivity index (χ0v) is 11.2. The SMILES string of the molecule is CC(C)(C)OC(=O)N1CCC[C@@](N)(C(=O)O)CC1. The standard InChI is InChI=1S/C12H22N2O4/c1-11(2,3)18-10(17)14-7-4-5-12(13,6-8-14)9(15)16/h4-8,13H2,1-3H3,(H,15,16)/t12-/m0/s1. The number of amides is 1. The minimum Gasteiger partial charge on any atom is -0.480 e. The molecule has 0 aromatic heterocycles. The molecule has 1 fully saturated rings. The number of carbonyl (C=O) groups excluding carboxylic acids is 1. The number of hydrogen-bond donors (Lipinski definition) is 2. The smallest absolute Gasteiger partial charge is 0.410 e. The van der Waals surface area contributed by atoms with Crippen LogP contribution in [0.3, 0.4) is 0 Å². The van der Waals surface area contributed by atoms with E-state index in [4.69, 9.17) is 15.6 Å². The Labute approximate surface area is 107 Å². The molecule has 0 radical (unpaired) electrons. The Hall–Kier alpha value is -1.30. The predicted octanol–water partition coefficient (Wildman–Crippen LogP) is 1.19. The molecule has 0 spiro atoms. The van der Waals surface area contributed by atoms with Gasteiger partial charge in [0.15, 0.2) is 0 Å². The van der Waals surface area contributed by atoms with E-state index in [1.165, 1.54) is 4.90 Å². The number of hydrogen-bond acceptors (Lipinski definition) is 4. The summed E-state index contributed by atoms with van der Waals surface area (Å²) in [6.45, 7) is 6.20. The number of carbonyl (C=O) groups is 2. The lowest BCUT2D eigenvalue weighted by Gasteiger charge is -2.27. The third-order valence-electron chi connectivity index (χ3n) is 2.96. The quantitative estimate of drug-likeness (QED) is 0.737. The van der Waals surface area contributed by atoms with E-state index < -0.39 is 23.2 Å². The van der Waals surface area contributed by atoms with Crippen molar-refractivity contribution in [3.63, 3.8) is 0 Å². The number of rotatable bonds is 1. The van der Waals surface area contributed by atoms with Gasteiger partial charge in [0.25, 0.3) is 0 Å². The molecular formula is C12H22N2O4. The molecule has 0 aliphatic carbocycles. The summed E-state index contributed by atoms with van der Waals surface area (Å²) in [7, 11) is 0. The zero-order valence-electron chi connectivity index (χ0n) is 11.2. The maximum absolute atomic E-state index is 11.9. The molecule has 1 atom stereocenters. The molecular weight excluding hydrogens is 236 g/mol. The van der Waals surface area contributed by atoms with E-state index in [9.17, 15) is 9.59 Å². The third-order valence-corrected chi connectivity index (χ3v) is 2.96. The van der Waals surface area contributed by atoms with Crippen LogP contribution in [0.5, 0.6) is 0 Å². The van der Waals surface area contributed by atoms with E-state index in [2.05, 4.69) is 0 Å². The minimum atomic E-state index is -1.23. The van der Waals surface area contributed by atoms with Crippen LogP contribution in [-0.2, 0) is 9.53 Å². The van der Waals surface area contributed by atoms with Crippen molar-refractivity contribution in [3.8, 4) is 0 Å². The van der Waals surface area contributed by atoms with Gasteiger partial charge in [0.05, 0.1) is 0 Å². The molecule has 0 bridgehead atoms. The molecule has 1 aliphatic rings. The van der Waals surface area contributed by atoms with Gasteiger partial charge < -0.3 is 20.5 Å². The molecule has 1 rings (SSSR count). The van der Waals surface area contributed by atoms with E-state index in [0.717, 1.165) is 0 Å². The van der Waals surface area contributed by atoms with Crippen LogP contribution in [0.25, 0.3) is 0 Å². The summed E-state index contributed by atoms with van der Waals surface area (Å²) in [5.74, 6) is -1.01. The summed E-state index contributed by atoms with van der Waals surface area (Å²) < 4.78 is 5.26. The topological polar surface area (TPSA) is 92.9 Å². The molecule has 6 heteroatoms. The Balaban J connectivity index is 2.62. The number of aliphatic carboxylic acids is 1. The van der Waals surface area contributed by atoms with Gasteiger partial charge in [0, 0.05) is 13.1 Å². The monoisotopic (exact) mass is 258 g/mol. The lowest BCUT2D eigenvalue weighted by atomic mass is 9.92. The Morgan fingerprint density at radius 3 is 2.39 bits per heavy atom. The van der Waals surface area contributed by atoms with E-state index in [1.54, 1.807) is 20.8 Å². The highest BCUT2D eigenvalue weighted by molar-refractivity contribution is 5.78. The van der Waals surface area contributed by atoms with Gasteiger partial charge in [-0.25, -0.2) is 4.79 Å². The highest BCUT2D eigenvalue weighted by Crippen LogP contribution is 2.21. The highest BCUT2D eigenvalue weighted by atomic mass is 16.6. The maximum atomic E-state index is 11.9. The van der Waals surface area contributed by atoms with Gasteiger partial charge in [-0.05, 0) is 40.0 Å². The average Bonchev–Trinajstić information content (AvgIpc) is 2.38. The van der Waals surface area contributed by atoms with Crippen LogP contribution in [0, 0.1) is 0 Å². The van der Waals surface area contributed by atoms with Gasteiger partial charge in [-0.3, -0.25) is 4.79 Å². The summed E-state index contributed by atoms with van der Waals surface area (Å²) in [5, 5.41) is 9.07. The van der Waals surface area contributed by atoms with Crippen LogP contribution in [0.4, 0.5) is 4.79 Å². The van der Waals surface area contributed by atoms with Crippen molar-refractivity contribution in [2.75, 3.05) is 13.1 Å². The van der Waals surface area contributed by atoms with Crippen LogP contribution in [0.2, 0.25) is 0 Å². The van der Waals surface area contributed by atoms with Gasteiger partial charge >= 0.3 is 12.1 Å².